The van der Waals surface area contributed by atoms with E-state index >= 15 is 0 Å². The predicted molar refractivity (Wildman–Crippen MR) is 114 cm³/mol. The summed E-state index contributed by atoms with van der Waals surface area (Å²) in [5.41, 5.74) is 7.61. The number of anilines is 1. The van der Waals surface area contributed by atoms with Crippen LogP contribution in [-0.4, -0.2) is 23.0 Å². The summed E-state index contributed by atoms with van der Waals surface area (Å²) in [5, 5.41) is 12.6. The number of carbonyl (C=O) groups is 2. The normalized spacial score (nSPS) is 10.4. The van der Waals surface area contributed by atoms with Crippen molar-refractivity contribution in [2.24, 2.45) is 5.73 Å². The van der Waals surface area contributed by atoms with Crippen LogP contribution in [0.2, 0.25) is 5.02 Å². The van der Waals surface area contributed by atoms with Crippen molar-refractivity contribution in [3.05, 3.63) is 75.7 Å². The third-order valence-electron chi connectivity index (χ3n) is 4.73. The van der Waals surface area contributed by atoms with Crippen molar-refractivity contribution in [2.45, 2.75) is 13.8 Å². The van der Waals surface area contributed by atoms with Crippen LogP contribution in [0.4, 0.5) is 10.2 Å². The summed E-state index contributed by atoms with van der Waals surface area (Å²) in [7, 11) is 0. The van der Waals surface area contributed by atoms with Gasteiger partial charge in [-0.3, -0.25) is 14.2 Å². The number of nitrogens with zero attached hydrogens (tertiary/aromatic N) is 2. The Morgan fingerprint density at radius 2 is 1.90 bits per heavy atom. The lowest BCUT2D eigenvalue weighted by Gasteiger charge is -2.14. The van der Waals surface area contributed by atoms with Crippen LogP contribution in [0.5, 0.6) is 5.75 Å². The molecule has 3 N–H and O–H groups in total. The Bertz CT molecular complexity index is 1210. The number of nitriles is 1. The Balaban J connectivity index is 1.88. The molecule has 3 rings (SSSR count). The number of primary amides is 1. The Morgan fingerprint density at radius 1 is 1.23 bits per heavy atom. The van der Waals surface area contributed by atoms with Gasteiger partial charge in [0.1, 0.15) is 23.5 Å². The molecule has 0 radical (unpaired) electrons. The van der Waals surface area contributed by atoms with Gasteiger partial charge in [-0.05, 0) is 61.9 Å². The van der Waals surface area contributed by atoms with Gasteiger partial charge >= 0.3 is 0 Å². The molecule has 3 aromatic rings. The molecule has 9 heteroatoms. The van der Waals surface area contributed by atoms with Crippen molar-refractivity contribution >= 4 is 29.2 Å². The SMILES string of the molecule is Cc1c(C#N)c(NC(=O)COc2ccc(Cl)cc2C(N)=O)n(-c2ccc(F)cc2)c1C. The highest BCUT2D eigenvalue weighted by Gasteiger charge is 2.21. The molecule has 2 aromatic carbocycles. The summed E-state index contributed by atoms with van der Waals surface area (Å²) in [6.45, 7) is 3.10. The van der Waals surface area contributed by atoms with Crippen molar-refractivity contribution in [3.63, 3.8) is 0 Å². The Kier molecular flexibility index (Phi) is 6.28. The van der Waals surface area contributed by atoms with E-state index in [1.165, 1.54) is 30.3 Å². The number of carbonyl (C=O) groups excluding carboxylic acids is 2. The third-order valence-corrected chi connectivity index (χ3v) is 4.97. The van der Waals surface area contributed by atoms with Crippen molar-refractivity contribution < 1.29 is 18.7 Å². The average Bonchev–Trinajstić information content (AvgIpc) is 2.97. The first-order valence-electron chi connectivity index (χ1n) is 9.13. The Morgan fingerprint density at radius 3 is 2.52 bits per heavy atom. The standard InChI is InChI=1S/C22H18ClFN4O3/c1-12-13(2)28(16-6-4-15(24)5-7-16)22(18(12)10-25)27-20(29)11-31-19-8-3-14(23)9-17(19)21(26)30/h3-9H,11H2,1-2H3,(H2,26,30)(H,27,29). The molecule has 0 unspecified atom stereocenters. The molecular weight excluding hydrogens is 423 g/mol. The maximum atomic E-state index is 13.4. The molecule has 0 fully saturated rings. The first-order chi connectivity index (χ1) is 14.7. The van der Waals surface area contributed by atoms with Crippen molar-refractivity contribution in [1.82, 2.24) is 4.57 Å². The van der Waals surface area contributed by atoms with E-state index < -0.39 is 24.2 Å². The van der Waals surface area contributed by atoms with Crippen LogP contribution in [-0.2, 0) is 4.79 Å². The zero-order valence-corrected chi connectivity index (χ0v) is 17.5. The van der Waals surface area contributed by atoms with Crippen molar-refractivity contribution in [2.75, 3.05) is 11.9 Å². The summed E-state index contributed by atoms with van der Waals surface area (Å²) in [5.74, 6) is -1.38. The van der Waals surface area contributed by atoms with Crippen LogP contribution in [0.25, 0.3) is 5.69 Å². The smallest absolute Gasteiger partial charge is 0.263 e. The summed E-state index contributed by atoms with van der Waals surface area (Å²) in [6.07, 6.45) is 0. The van der Waals surface area contributed by atoms with E-state index in [-0.39, 0.29) is 22.7 Å². The molecule has 2 amide bonds. The van der Waals surface area contributed by atoms with Crippen LogP contribution in [0.1, 0.15) is 27.2 Å². The lowest BCUT2D eigenvalue weighted by Crippen LogP contribution is -2.23. The highest BCUT2D eigenvalue weighted by molar-refractivity contribution is 6.31. The van der Waals surface area contributed by atoms with Crippen LogP contribution in [0.15, 0.2) is 42.5 Å². The lowest BCUT2D eigenvalue weighted by molar-refractivity contribution is -0.118. The van der Waals surface area contributed by atoms with Gasteiger partial charge in [-0.25, -0.2) is 4.39 Å². The summed E-state index contributed by atoms with van der Waals surface area (Å²) in [4.78, 5) is 24.2. The summed E-state index contributed by atoms with van der Waals surface area (Å²) < 4.78 is 20.5. The van der Waals surface area contributed by atoms with Crippen LogP contribution in [0, 0.1) is 31.0 Å². The van der Waals surface area contributed by atoms with Crippen LogP contribution >= 0.6 is 11.6 Å². The number of hydrogen-bond donors (Lipinski definition) is 2. The maximum Gasteiger partial charge on any atom is 0.263 e. The molecule has 0 spiro atoms. The van der Waals surface area contributed by atoms with Gasteiger partial charge in [-0.15, -0.1) is 0 Å². The molecule has 0 aliphatic carbocycles. The van der Waals surface area contributed by atoms with E-state index in [2.05, 4.69) is 11.4 Å². The van der Waals surface area contributed by atoms with E-state index in [1.807, 2.05) is 0 Å². The number of aromatic nitrogens is 1. The zero-order valence-electron chi connectivity index (χ0n) is 16.7. The van der Waals surface area contributed by atoms with Gasteiger partial charge in [-0.2, -0.15) is 5.26 Å². The second kappa shape index (κ2) is 8.90. The molecule has 0 saturated heterocycles. The van der Waals surface area contributed by atoms with Gasteiger partial charge in [0.15, 0.2) is 6.61 Å². The first-order valence-corrected chi connectivity index (χ1v) is 9.50. The van der Waals surface area contributed by atoms with E-state index in [9.17, 15) is 19.2 Å². The van der Waals surface area contributed by atoms with Crippen LogP contribution < -0.4 is 15.8 Å². The summed E-state index contributed by atoms with van der Waals surface area (Å²) in [6, 6.07) is 12.0. The van der Waals surface area contributed by atoms with Crippen molar-refractivity contribution in [1.29, 1.82) is 5.26 Å². The van der Waals surface area contributed by atoms with Crippen molar-refractivity contribution in [3.8, 4) is 17.5 Å². The predicted octanol–water partition coefficient (Wildman–Crippen LogP) is 3.87. The maximum absolute atomic E-state index is 13.4. The second-order valence-electron chi connectivity index (χ2n) is 6.70. The zero-order chi connectivity index (χ0) is 22.7. The Hall–Kier alpha value is -3.83. The highest BCUT2D eigenvalue weighted by Crippen LogP contribution is 2.30. The molecule has 1 heterocycles. The monoisotopic (exact) mass is 440 g/mol. The largest absolute Gasteiger partial charge is 0.483 e. The fourth-order valence-corrected chi connectivity index (χ4v) is 3.28. The van der Waals surface area contributed by atoms with Gasteiger partial charge in [0.2, 0.25) is 0 Å². The first kappa shape index (κ1) is 21.9. The molecule has 1 aromatic heterocycles. The number of amides is 2. The highest BCUT2D eigenvalue weighted by atomic mass is 35.5. The minimum absolute atomic E-state index is 0.0411. The number of hydrogen-bond acceptors (Lipinski definition) is 4. The molecule has 7 nitrogen and oxygen atoms in total. The minimum Gasteiger partial charge on any atom is -0.483 e. The van der Waals surface area contributed by atoms with E-state index in [0.29, 0.717) is 22.0 Å². The molecular formula is C22H18ClFN4O3. The molecule has 0 aliphatic heterocycles. The molecule has 0 atom stereocenters. The molecule has 0 aliphatic rings. The Labute approximate surface area is 182 Å². The summed E-state index contributed by atoms with van der Waals surface area (Å²) >= 11 is 5.87. The average molecular weight is 441 g/mol. The van der Waals surface area contributed by atoms with Gasteiger partial charge in [0, 0.05) is 16.4 Å². The van der Waals surface area contributed by atoms with Gasteiger partial charge in [-0.1, -0.05) is 11.6 Å². The third kappa shape index (κ3) is 4.52. The number of benzene rings is 2. The van der Waals surface area contributed by atoms with Gasteiger partial charge in [0.05, 0.1) is 11.1 Å². The molecule has 0 bridgehead atoms. The van der Waals surface area contributed by atoms with E-state index in [0.717, 1.165) is 0 Å². The minimum atomic E-state index is -0.749. The fourth-order valence-electron chi connectivity index (χ4n) is 3.11. The van der Waals surface area contributed by atoms with Gasteiger partial charge < -0.3 is 15.8 Å². The second-order valence-corrected chi connectivity index (χ2v) is 7.14. The lowest BCUT2D eigenvalue weighted by atomic mass is 10.2. The fraction of sp³-hybridized carbons (Fsp3) is 0.136. The van der Waals surface area contributed by atoms with Crippen LogP contribution in [0.3, 0.4) is 0 Å². The number of nitrogens with one attached hydrogen (secondary N) is 1. The topological polar surface area (TPSA) is 110 Å². The number of nitrogens with two attached hydrogens (primary N) is 1. The quantitative estimate of drug-likeness (QED) is 0.606. The number of rotatable bonds is 6. The number of halogens is 2. The van der Waals surface area contributed by atoms with E-state index in [4.69, 9.17) is 22.1 Å². The number of ether oxygens (including phenoxy) is 1. The molecule has 31 heavy (non-hydrogen) atoms. The van der Waals surface area contributed by atoms with E-state index in [1.54, 1.807) is 30.5 Å². The van der Waals surface area contributed by atoms with Gasteiger partial charge in [0.25, 0.3) is 11.8 Å². The molecule has 158 valence electrons. The molecule has 0 saturated carbocycles.